The molecule has 1 rings (SSSR count). The van der Waals surface area contributed by atoms with E-state index in [1.54, 1.807) is 0 Å². The number of ether oxygens (including phenoxy) is 1. The lowest BCUT2D eigenvalue weighted by atomic mass is 9.96. The van der Waals surface area contributed by atoms with Crippen LogP contribution in [0.4, 0.5) is 0 Å². The number of carbonyl (C=O) groups is 1. The molecule has 0 radical (unpaired) electrons. The monoisotopic (exact) mass is 203 g/mol. The van der Waals surface area contributed by atoms with Crippen LogP contribution >= 0.6 is 0 Å². The molecule has 0 saturated carbocycles. The van der Waals surface area contributed by atoms with Crippen LogP contribution < -0.4 is 0 Å². The molecule has 0 aromatic rings. The second-order valence-corrected chi connectivity index (χ2v) is 2.88. The zero-order valence-electron chi connectivity index (χ0n) is 7.07. The van der Waals surface area contributed by atoms with E-state index in [2.05, 4.69) is 14.8 Å². The molecule has 0 aromatic carbocycles. The van der Waals surface area contributed by atoms with Gasteiger partial charge in [-0.05, 0) is 5.53 Å². The molecular formula is C6H9N3O5. The number of esters is 1. The highest BCUT2D eigenvalue weighted by Gasteiger charge is 2.55. The molecule has 8 nitrogen and oxygen atoms in total. The maximum absolute atomic E-state index is 11.1. The first-order chi connectivity index (χ1) is 6.56. The highest BCUT2D eigenvalue weighted by Crippen LogP contribution is 2.26. The summed E-state index contributed by atoms with van der Waals surface area (Å²) < 4.78 is 4.46. The number of nitrogens with zero attached hydrogens (tertiary/aromatic N) is 3. The number of hydrogen-bond donors (Lipinski definition) is 3. The molecule has 1 aliphatic heterocycles. The first kappa shape index (κ1) is 10.7. The molecule has 3 atom stereocenters. The van der Waals surface area contributed by atoms with Crippen LogP contribution in [0.15, 0.2) is 5.11 Å². The van der Waals surface area contributed by atoms with Gasteiger partial charge in [0, 0.05) is 4.91 Å². The van der Waals surface area contributed by atoms with Crippen LogP contribution in [0, 0.1) is 0 Å². The minimum absolute atomic E-state index is 0.606. The summed E-state index contributed by atoms with van der Waals surface area (Å²) in [5.41, 5.74) is 5.75. The summed E-state index contributed by atoms with van der Waals surface area (Å²) in [5.74, 6) is -1.10. The third kappa shape index (κ3) is 1.51. The summed E-state index contributed by atoms with van der Waals surface area (Å²) in [6, 6.07) is 0. The molecular weight excluding hydrogens is 194 g/mol. The number of hydrogen-bond acceptors (Lipinski definition) is 6. The Morgan fingerprint density at radius 1 is 1.71 bits per heavy atom. The molecule has 0 spiro atoms. The van der Waals surface area contributed by atoms with E-state index < -0.39 is 36.9 Å². The van der Waals surface area contributed by atoms with Crippen LogP contribution in [0.1, 0.15) is 0 Å². The van der Waals surface area contributed by atoms with Crippen LogP contribution in [0.25, 0.3) is 10.4 Å². The molecule has 3 N–H and O–H groups in total. The van der Waals surface area contributed by atoms with E-state index >= 15 is 0 Å². The Bertz CT molecular complexity index is 289. The van der Waals surface area contributed by atoms with E-state index in [1.165, 1.54) is 0 Å². The predicted molar refractivity (Wildman–Crippen MR) is 41.9 cm³/mol. The van der Waals surface area contributed by atoms with Crippen molar-refractivity contribution in [2.45, 2.75) is 17.8 Å². The van der Waals surface area contributed by atoms with Crippen molar-refractivity contribution in [1.82, 2.24) is 0 Å². The Kier molecular flexibility index (Phi) is 2.92. The van der Waals surface area contributed by atoms with E-state index in [0.717, 1.165) is 0 Å². The lowest BCUT2D eigenvalue weighted by Gasteiger charge is -2.20. The van der Waals surface area contributed by atoms with Gasteiger partial charge in [0.15, 0.2) is 11.7 Å². The van der Waals surface area contributed by atoms with Crippen LogP contribution in [0.2, 0.25) is 0 Å². The summed E-state index contributed by atoms with van der Waals surface area (Å²) in [5, 5.41) is 30.6. The van der Waals surface area contributed by atoms with Crippen LogP contribution in [-0.2, 0) is 9.53 Å². The van der Waals surface area contributed by atoms with E-state index in [0.29, 0.717) is 0 Å². The predicted octanol–water partition coefficient (Wildman–Crippen LogP) is -1.69. The second-order valence-electron chi connectivity index (χ2n) is 2.88. The van der Waals surface area contributed by atoms with Gasteiger partial charge in [-0.15, -0.1) is 0 Å². The van der Waals surface area contributed by atoms with Crippen molar-refractivity contribution in [3.05, 3.63) is 10.4 Å². The van der Waals surface area contributed by atoms with Crippen LogP contribution in [0.5, 0.6) is 0 Å². The Balaban J connectivity index is 2.86. The van der Waals surface area contributed by atoms with Gasteiger partial charge < -0.3 is 20.1 Å². The molecule has 1 aliphatic rings. The fourth-order valence-corrected chi connectivity index (χ4v) is 1.17. The smallest absolute Gasteiger partial charge is 0.341 e. The lowest BCUT2D eigenvalue weighted by molar-refractivity contribution is -0.156. The third-order valence-electron chi connectivity index (χ3n) is 2.01. The summed E-state index contributed by atoms with van der Waals surface area (Å²) in [4.78, 5) is 13.4. The average molecular weight is 203 g/mol. The summed E-state index contributed by atoms with van der Waals surface area (Å²) in [7, 11) is 0. The summed E-state index contributed by atoms with van der Waals surface area (Å²) in [6.07, 6.45) is -2.77. The van der Waals surface area contributed by atoms with Gasteiger partial charge in [0.1, 0.15) is 6.10 Å². The van der Waals surface area contributed by atoms with Crippen LogP contribution in [0.3, 0.4) is 0 Å². The first-order valence-electron chi connectivity index (χ1n) is 3.79. The second kappa shape index (κ2) is 3.81. The first-order valence-corrected chi connectivity index (χ1v) is 3.79. The topological polar surface area (TPSA) is 136 Å². The van der Waals surface area contributed by atoms with E-state index in [1.807, 2.05) is 0 Å². The molecule has 1 heterocycles. The minimum atomic E-state index is -2.25. The number of carbonyl (C=O) groups excluding carboxylic acids is 1. The molecule has 1 fully saturated rings. The van der Waals surface area contributed by atoms with Crippen molar-refractivity contribution in [3.8, 4) is 0 Å². The van der Waals surface area contributed by atoms with Crippen LogP contribution in [-0.4, -0.2) is 52.2 Å². The molecule has 0 unspecified atom stereocenters. The maximum Gasteiger partial charge on any atom is 0.341 e. The Morgan fingerprint density at radius 2 is 2.36 bits per heavy atom. The summed E-state index contributed by atoms with van der Waals surface area (Å²) in [6.45, 7) is -1.23. The molecule has 0 bridgehead atoms. The van der Waals surface area contributed by atoms with Crippen molar-refractivity contribution in [3.63, 3.8) is 0 Å². The standard InChI is InChI=1S/C6H9N3O5/c7-9-8-2-6(13)4(11)3(1-10)14-5(6)12/h3-4,10-11,13H,1-2H2/t3-,4+,6+/m0/s1. The summed E-state index contributed by atoms with van der Waals surface area (Å²) >= 11 is 0. The fraction of sp³-hybridized carbons (Fsp3) is 0.833. The van der Waals surface area contributed by atoms with Crippen molar-refractivity contribution < 1.29 is 24.9 Å². The largest absolute Gasteiger partial charge is 0.455 e. The minimum Gasteiger partial charge on any atom is -0.455 e. The van der Waals surface area contributed by atoms with Gasteiger partial charge in [-0.25, -0.2) is 4.79 Å². The van der Waals surface area contributed by atoms with Gasteiger partial charge in [-0.2, -0.15) is 0 Å². The third-order valence-corrected chi connectivity index (χ3v) is 2.01. The quantitative estimate of drug-likeness (QED) is 0.217. The molecule has 0 aromatic heterocycles. The van der Waals surface area contributed by atoms with Crippen molar-refractivity contribution in [1.29, 1.82) is 0 Å². The van der Waals surface area contributed by atoms with Gasteiger partial charge >= 0.3 is 5.97 Å². The van der Waals surface area contributed by atoms with Gasteiger partial charge in [0.2, 0.25) is 0 Å². The fourth-order valence-electron chi connectivity index (χ4n) is 1.17. The molecule has 14 heavy (non-hydrogen) atoms. The molecule has 78 valence electrons. The van der Waals surface area contributed by atoms with Crippen molar-refractivity contribution in [2.24, 2.45) is 5.11 Å². The van der Waals surface area contributed by atoms with E-state index in [9.17, 15) is 15.0 Å². The van der Waals surface area contributed by atoms with Gasteiger partial charge in [0.25, 0.3) is 0 Å². The highest BCUT2D eigenvalue weighted by molar-refractivity contribution is 5.83. The van der Waals surface area contributed by atoms with E-state index in [-0.39, 0.29) is 0 Å². The number of aliphatic hydroxyl groups is 3. The normalized spacial score (nSPS) is 36.4. The maximum atomic E-state index is 11.1. The SMILES string of the molecule is [N-]=[N+]=NC[C@]1(O)C(=O)O[C@@H](CO)[C@H]1O. The number of aliphatic hydroxyl groups excluding tert-OH is 2. The molecule has 8 heteroatoms. The highest BCUT2D eigenvalue weighted by atomic mass is 16.6. The van der Waals surface area contributed by atoms with E-state index in [4.69, 9.17) is 10.6 Å². The lowest BCUT2D eigenvalue weighted by Crippen LogP contribution is -2.49. The van der Waals surface area contributed by atoms with Crippen molar-refractivity contribution in [2.75, 3.05) is 13.2 Å². The number of rotatable bonds is 3. The van der Waals surface area contributed by atoms with Gasteiger partial charge in [-0.1, -0.05) is 5.11 Å². The Hall–Kier alpha value is -1.34. The Morgan fingerprint density at radius 3 is 2.79 bits per heavy atom. The molecule has 1 saturated heterocycles. The van der Waals surface area contributed by atoms with Gasteiger partial charge in [0.05, 0.1) is 13.2 Å². The molecule has 0 aliphatic carbocycles. The Labute approximate surface area is 78.3 Å². The average Bonchev–Trinajstić information content (AvgIpc) is 2.40. The number of azide groups is 1. The zero-order chi connectivity index (χ0) is 10.8. The number of cyclic esters (lactones) is 1. The zero-order valence-corrected chi connectivity index (χ0v) is 7.07. The van der Waals surface area contributed by atoms with Gasteiger partial charge in [-0.3, -0.25) is 0 Å². The molecule has 0 amide bonds. The van der Waals surface area contributed by atoms with Crippen molar-refractivity contribution >= 4 is 5.97 Å².